The molecule has 4 heteroatoms. The lowest BCUT2D eigenvalue weighted by atomic mass is 9.88. The Morgan fingerprint density at radius 1 is 1.50 bits per heavy atom. The maximum Gasteiger partial charge on any atom is 0.102 e. The van der Waals surface area contributed by atoms with Crippen LogP contribution in [0.3, 0.4) is 0 Å². The maximum absolute atomic E-state index is 10.2. The van der Waals surface area contributed by atoms with Gasteiger partial charge in [-0.3, -0.25) is 0 Å². The quantitative estimate of drug-likeness (QED) is 0.524. The van der Waals surface area contributed by atoms with Crippen LogP contribution in [0.25, 0.3) is 0 Å². The van der Waals surface area contributed by atoms with Crippen molar-refractivity contribution < 1.29 is 5.11 Å². The smallest absolute Gasteiger partial charge is 0.102 e. The number of aliphatic hydroxyl groups is 1. The lowest BCUT2D eigenvalue weighted by Crippen LogP contribution is -2.47. The molecule has 1 rings (SSSR count). The van der Waals surface area contributed by atoms with Gasteiger partial charge in [-0.1, -0.05) is 12.2 Å². The summed E-state index contributed by atoms with van der Waals surface area (Å²) < 4.78 is 0. The Labute approximate surface area is 90.6 Å². The first kappa shape index (κ1) is 11.6. The van der Waals surface area contributed by atoms with Crippen molar-refractivity contribution in [3.8, 4) is 0 Å². The molecule has 0 saturated carbocycles. The van der Waals surface area contributed by atoms with Crippen LogP contribution in [0.5, 0.6) is 0 Å². The van der Waals surface area contributed by atoms with E-state index < -0.39 is 5.60 Å². The minimum absolute atomic E-state index is 0.575. The van der Waals surface area contributed by atoms with E-state index in [9.17, 15) is 5.11 Å². The predicted molar refractivity (Wildman–Crippen MR) is 62.2 cm³/mol. The summed E-state index contributed by atoms with van der Waals surface area (Å²) in [6.45, 7) is 3.55. The molecule has 0 radical (unpaired) electrons. The van der Waals surface area contributed by atoms with E-state index in [4.69, 9.17) is 18.0 Å². The highest BCUT2D eigenvalue weighted by molar-refractivity contribution is 7.81. The zero-order valence-corrected chi connectivity index (χ0v) is 9.60. The maximum atomic E-state index is 10.2. The molecule has 1 fully saturated rings. The fourth-order valence-electron chi connectivity index (χ4n) is 1.58. The average Bonchev–Trinajstić information content (AvgIpc) is 2.09. The molecule has 0 aromatic carbocycles. The van der Waals surface area contributed by atoms with E-state index in [1.807, 2.05) is 7.05 Å². The van der Waals surface area contributed by atoms with E-state index in [-0.39, 0.29) is 0 Å². The van der Waals surface area contributed by atoms with E-state index in [1.54, 1.807) is 13.0 Å². The number of likely N-dealkylation sites (tertiary alicyclic amines) is 1. The number of rotatable bonds is 2. The summed E-state index contributed by atoms with van der Waals surface area (Å²) in [4.78, 5) is 2.77. The second-order valence-electron chi connectivity index (χ2n) is 4.09. The summed E-state index contributed by atoms with van der Waals surface area (Å²) in [6, 6.07) is 0. The first-order chi connectivity index (χ1) is 6.44. The summed E-state index contributed by atoms with van der Waals surface area (Å²) >= 11 is 5.18. The van der Waals surface area contributed by atoms with Crippen molar-refractivity contribution in [3.05, 3.63) is 11.8 Å². The van der Waals surface area contributed by atoms with Crippen molar-refractivity contribution in [2.75, 3.05) is 20.1 Å². The zero-order valence-electron chi connectivity index (χ0n) is 8.79. The predicted octanol–water partition coefficient (Wildman–Crippen LogP) is 0.675. The molecule has 0 aromatic rings. The first-order valence-electron chi connectivity index (χ1n) is 4.83. The molecule has 14 heavy (non-hydrogen) atoms. The van der Waals surface area contributed by atoms with Gasteiger partial charge in [-0.05, 0) is 32.9 Å². The van der Waals surface area contributed by atoms with Gasteiger partial charge in [0, 0.05) is 23.7 Å². The van der Waals surface area contributed by atoms with Crippen molar-refractivity contribution in [1.82, 2.24) is 4.90 Å². The minimum Gasteiger partial charge on any atom is -0.402 e. The third-order valence-corrected chi connectivity index (χ3v) is 3.13. The largest absolute Gasteiger partial charge is 0.402 e. The van der Waals surface area contributed by atoms with Crippen molar-refractivity contribution in [2.24, 2.45) is 5.73 Å². The molecule has 0 unspecified atom stereocenters. The first-order valence-corrected chi connectivity index (χ1v) is 5.24. The molecule has 0 amide bonds. The molecular weight excluding hydrogens is 196 g/mol. The van der Waals surface area contributed by atoms with E-state index in [0.717, 1.165) is 13.1 Å². The van der Waals surface area contributed by atoms with Gasteiger partial charge in [0.1, 0.15) is 5.60 Å². The molecule has 1 aliphatic rings. The summed E-state index contributed by atoms with van der Waals surface area (Å²) in [5.74, 6) is 0. The standard InChI is InChI=1S/C10H18N2OS/c1-8(11)7-9(14)10(13)3-5-12(2)6-4-10/h7,13H,3-6,11H2,1-2H3. The summed E-state index contributed by atoms with van der Waals surface area (Å²) in [6.07, 6.45) is 3.10. The van der Waals surface area contributed by atoms with Gasteiger partial charge in [-0.2, -0.15) is 0 Å². The number of hydrogen-bond donors (Lipinski definition) is 2. The molecule has 0 aromatic heterocycles. The van der Waals surface area contributed by atoms with Gasteiger partial charge < -0.3 is 15.7 Å². The second kappa shape index (κ2) is 4.38. The van der Waals surface area contributed by atoms with Crippen LogP contribution in [0.15, 0.2) is 11.8 Å². The van der Waals surface area contributed by atoms with Crippen LogP contribution in [0.1, 0.15) is 19.8 Å². The molecule has 1 saturated heterocycles. The van der Waals surface area contributed by atoms with Crippen LogP contribution >= 0.6 is 12.2 Å². The lowest BCUT2D eigenvalue weighted by Gasteiger charge is -2.36. The van der Waals surface area contributed by atoms with Gasteiger partial charge >= 0.3 is 0 Å². The molecule has 1 heterocycles. The van der Waals surface area contributed by atoms with Gasteiger partial charge in [-0.15, -0.1) is 0 Å². The fraction of sp³-hybridized carbons (Fsp3) is 0.700. The van der Waals surface area contributed by atoms with Crippen LogP contribution in [-0.4, -0.2) is 40.6 Å². The van der Waals surface area contributed by atoms with E-state index in [0.29, 0.717) is 23.4 Å². The van der Waals surface area contributed by atoms with Crippen LogP contribution in [-0.2, 0) is 0 Å². The number of allylic oxidation sites excluding steroid dienone is 1. The highest BCUT2D eigenvalue weighted by Crippen LogP contribution is 2.24. The average molecular weight is 214 g/mol. The lowest BCUT2D eigenvalue weighted by molar-refractivity contribution is 0.0465. The number of thiocarbonyl (C=S) groups is 1. The van der Waals surface area contributed by atoms with Crippen LogP contribution in [0.4, 0.5) is 0 Å². The van der Waals surface area contributed by atoms with Gasteiger partial charge in [0.15, 0.2) is 0 Å². The van der Waals surface area contributed by atoms with E-state index >= 15 is 0 Å². The SMILES string of the molecule is CC(N)=CC(=S)C1(O)CCN(C)CC1. The molecule has 0 aliphatic carbocycles. The Morgan fingerprint density at radius 2 is 2.00 bits per heavy atom. The minimum atomic E-state index is -0.817. The van der Waals surface area contributed by atoms with Crippen molar-refractivity contribution in [2.45, 2.75) is 25.4 Å². The van der Waals surface area contributed by atoms with Gasteiger partial charge in [0.25, 0.3) is 0 Å². The summed E-state index contributed by atoms with van der Waals surface area (Å²) in [5.41, 5.74) is 5.38. The molecule has 3 nitrogen and oxygen atoms in total. The Bertz CT molecular complexity index is 251. The molecule has 3 N–H and O–H groups in total. The molecule has 0 bridgehead atoms. The van der Waals surface area contributed by atoms with Gasteiger partial charge in [-0.25, -0.2) is 0 Å². The monoisotopic (exact) mass is 214 g/mol. The molecule has 80 valence electrons. The summed E-state index contributed by atoms with van der Waals surface area (Å²) in [7, 11) is 2.05. The third-order valence-electron chi connectivity index (χ3n) is 2.63. The molecule has 0 atom stereocenters. The second-order valence-corrected chi connectivity index (χ2v) is 4.53. The Hall–Kier alpha value is -0.450. The third kappa shape index (κ3) is 2.77. The normalized spacial score (nSPS) is 23.5. The Morgan fingerprint density at radius 3 is 2.43 bits per heavy atom. The number of hydrogen-bond acceptors (Lipinski definition) is 4. The molecule has 1 aliphatic heterocycles. The Kier molecular flexibility index (Phi) is 3.64. The summed E-state index contributed by atoms with van der Waals surface area (Å²) in [5, 5.41) is 10.2. The Balaban J connectivity index is 2.66. The van der Waals surface area contributed by atoms with E-state index in [2.05, 4.69) is 4.90 Å². The van der Waals surface area contributed by atoms with Gasteiger partial charge in [0.05, 0.1) is 0 Å². The van der Waals surface area contributed by atoms with Crippen molar-refractivity contribution in [1.29, 1.82) is 0 Å². The van der Waals surface area contributed by atoms with Crippen molar-refractivity contribution in [3.63, 3.8) is 0 Å². The number of piperidine rings is 1. The van der Waals surface area contributed by atoms with Crippen LogP contribution in [0, 0.1) is 0 Å². The topological polar surface area (TPSA) is 49.5 Å². The van der Waals surface area contributed by atoms with Crippen molar-refractivity contribution >= 4 is 17.1 Å². The van der Waals surface area contributed by atoms with Gasteiger partial charge in [0.2, 0.25) is 0 Å². The zero-order chi connectivity index (χ0) is 10.8. The van der Waals surface area contributed by atoms with E-state index in [1.165, 1.54) is 0 Å². The number of nitrogens with two attached hydrogens (primary N) is 1. The van der Waals surface area contributed by atoms with Crippen LogP contribution < -0.4 is 5.73 Å². The molecule has 0 spiro atoms. The highest BCUT2D eigenvalue weighted by Gasteiger charge is 2.34. The van der Waals surface area contributed by atoms with Crippen LogP contribution in [0.2, 0.25) is 0 Å². The fourth-order valence-corrected chi connectivity index (χ4v) is 1.97. The highest BCUT2D eigenvalue weighted by atomic mass is 32.1. The number of nitrogens with zero attached hydrogens (tertiary/aromatic N) is 1. The molecular formula is C10H18N2OS.